The van der Waals surface area contributed by atoms with Gasteiger partial charge in [0.2, 0.25) is 5.91 Å². The summed E-state index contributed by atoms with van der Waals surface area (Å²) in [5.41, 5.74) is -0.763. The number of piperidine rings is 1. The number of carboxylic acid groups (broad SMARTS) is 1. The Hall–Kier alpha value is -1.10. The molecule has 0 spiro atoms. The van der Waals surface area contributed by atoms with Crippen molar-refractivity contribution in [3.63, 3.8) is 0 Å². The second-order valence-electron chi connectivity index (χ2n) is 5.90. The molecule has 1 heterocycles. The minimum absolute atomic E-state index is 0.0120. The average molecular weight is 269 g/mol. The number of methoxy groups -OCH3 is 1. The van der Waals surface area contributed by atoms with Crippen LogP contribution < -0.4 is 0 Å². The van der Waals surface area contributed by atoms with E-state index in [-0.39, 0.29) is 12.3 Å². The van der Waals surface area contributed by atoms with Gasteiger partial charge in [0.05, 0.1) is 5.41 Å². The van der Waals surface area contributed by atoms with Gasteiger partial charge in [-0.05, 0) is 31.6 Å². The molecule has 0 aromatic carbocycles. The predicted octanol–water partition coefficient (Wildman–Crippen LogP) is 1.52. The number of amides is 1. The molecule has 0 radical (unpaired) electrons. The normalized spacial score (nSPS) is 22.9. The number of hydrogen-bond donors (Lipinski definition) is 1. The van der Waals surface area contributed by atoms with E-state index in [1.807, 2.05) is 4.90 Å². The van der Waals surface area contributed by atoms with Gasteiger partial charge in [-0.3, -0.25) is 9.59 Å². The average Bonchev–Trinajstić information content (AvgIpc) is 2.34. The maximum Gasteiger partial charge on any atom is 0.310 e. The second-order valence-corrected chi connectivity index (χ2v) is 5.90. The van der Waals surface area contributed by atoms with Crippen molar-refractivity contribution in [2.75, 3.05) is 26.8 Å². The number of nitrogens with zero attached hydrogens (tertiary/aromatic N) is 1. The maximum absolute atomic E-state index is 12.2. The fourth-order valence-electron chi connectivity index (χ4n) is 3.06. The molecule has 1 saturated heterocycles. The number of hydrogen-bond acceptors (Lipinski definition) is 3. The van der Waals surface area contributed by atoms with Gasteiger partial charge in [-0.15, -0.1) is 0 Å². The summed E-state index contributed by atoms with van der Waals surface area (Å²) in [6, 6.07) is 0. The maximum atomic E-state index is 12.2. The Morgan fingerprint density at radius 2 is 1.95 bits per heavy atom. The van der Waals surface area contributed by atoms with Crippen molar-refractivity contribution in [2.24, 2.45) is 11.3 Å². The molecule has 2 rings (SSSR count). The van der Waals surface area contributed by atoms with E-state index in [0.29, 0.717) is 18.8 Å². The molecule has 2 fully saturated rings. The number of carbonyl (C=O) groups excluding carboxylic acids is 1. The Morgan fingerprint density at radius 3 is 2.37 bits per heavy atom. The highest BCUT2D eigenvalue weighted by molar-refractivity contribution is 5.85. The van der Waals surface area contributed by atoms with E-state index in [4.69, 9.17) is 4.74 Å². The standard InChI is InChI=1S/C14H23NO4/c1-19-10-11-3-7-15(8-4-11)12(16)9-14(13(17)18)5-2-6-14/h11H,2-10H2,1H3,(H,17,18). The van der Waals surface area contributed by atoms with Crippen LogP contribution in [-0.2, 0) is 14.3 Å². The SMILES string of the molecule is COCC1CCN(C(=O)CC2(C(=O)O)CCC2)CC1. The zero-order chi connectivity index (χ0) is 13.9. The van der Waals surface area contributed by atoms with Crippen LogP contribution in [0.25, 0.3) is 0 Å². The van der Waals surface area contributed by atoms with Crippen LogP contribution in [0.1, 0.15) is 38.5 Å². The Bertz CT molecular complexity index is 343. The van der Waals surface area contributed by atoms with Crippen molar-refractivity contribution in [2.45, 2.75) is 38.5 Å². The molecule has 5 heteroatoms. The Labute approximate surface area is 113 Å². The number of carbonyl (C=O) groups is 2. The van der Waals surface area contributed by atoms with Gasteiger partial charge in [0.25, 0.3) is 0 Å². The number of carboxylic acids is 1. The molecule has 0 bridgehead atoms. The van der Waals surface area contributed by atoms with Gasteiger partial charge in [0, 0.05) is 33.2 Å². The molecule has 1 aliphatic carbocycles. The van der Waals surface area contributed by atoms with Crippen LogP contribution in [0.4, 0.5) is 0 Å². The molecule has 0 atom stereocenters. The van der Waals surface area contributed by atoms with Crippen LogP contribution in [-0.4, -0.2) is 48.7 Å². The molecule has 1 saturated carbocycles. The molecule has 1 aliphatic heterocycles. The summed E-state index contributed by atoms with van der Waals surface area (Å²) in [5.74, 6) is -0.259. The van der Waals surface area contributed by atoms with Crippen molar-refractivity contribution in [3.05, 3.63) is 0 Å². The molecule has 0 aromatic heterocycles. The fraction of sp³-hybridized carbons (Fsp3) is 0.857. The van der Waals surface area contributed by atoms with Crippen molar-refractivity contribution in [1.82, 2.24) is 4.90 Å². The zero-order valence-electron chi connectivity index (χ0n) is 11.6. The highest BCUT2D eigenvalue weighted by atomic mass is 16.5. The molecule has 5 nitrogen and oxygen atoms in total. The lowest BCUT2D eigenvalue weighted by Gasteiger charge is -2.39. The van der Waals surface area contributed by atoms with Gasteiger partial charge in [-0.25, -0.2) is 0 Å². The lowest BCUT2D eigenvalue weighted by Crippen LogP contribution is -2.46. The van der Waals surface area contributed by atoms with Crippen molar-refractivity contribution < 1.29 is 19.4 Å². The van der Waals surface area contributed by atoms with E-state index in [0.717, 1.165) is 39.0 Å². The van der Waals surface area contributed by atoms with Crippen LogP contribution in [0.3, 0.4) is 0 Å². The summed E-state index contributed by atoms with van der Waals surface area (Å²) in [5, 5.41) is 9.26. The van der Waals surface area contributed by atoms with E-state index in [1.54, 1.807) is 7.11 Å². The topological polar surface area (TPSA) is 66.8 Å². The lowest BCUT2D eigenvalue weighted by molar-refractivity contribution is -0.159. The van der Waals surface area contributed by atoms with Crippen molar-refractivity contribution in [3.8, 4) is 0 Å². The fourth-order valence-corrected chi connectivity index (χ4v) is 3.06. The largest absolute Gasteiger partial charge is 0.481 e. The van der Waals surface area contributed by atoms with Gasteiger partial charge in [0.1, 0.15) is 0 Å². The Balaban J connectivity index is 1.83. The number of aliphatic carboxylic acids is 1. The van der Waals surface area contributed by atoms with E-state index in [1.165, 1.54) is 0 Å². The zero-order valence-corrected chi connectivity index (χ0v) is 11.6. The number of rotatable bonds is 5. The molecule has 1 N–H and O–H groups in total. The van der Waals surface area contributed by atoms with Gasteiger partial charge < -0.3 is 14.7 Å². The molecular weight excluding hydrogens is 246 g/mol. The first kappa shape index (κ1) is 14.3. The summed E-state index contributed by atoms with van der Waals surface area (Å²) in [4.78, 5) is 25.3. The first-order valence-corrected chi connectivity index (χ1v) is 7.07. The predicted molar refractivity (Wildman–Crippen MR) is 69.7 cm³/mol. The molecule has 0 aromatic rings. The monoisotopic (exact) mass is 269 g/mol. The Kier molecular flexibility index (Phi) is 4.45. The van der Waals surface area contributed by atoms with Crippen LogP contribution >= 0.6 is 0 Å². The van der Waals surface area contributed by atoms with Crippen LogP contribution in [0.15, 0.2) is 0 Å². The second kappa shape index (κ2) is 5.90. The van der Waals surface area contributed by atoms with Gasteiger partial charge in [-0.2, -0.15) is 0 Å². The summed E-state index contributed by atoms with van der Waals surface area (Å²) in [6.07, 6.45) is 4.31. The Morgan fingerprint density at radius 1 is 1.32 bits per heavy atom. The van der Waals surface area contributed by atoms with E-state index in [9.17, 15) is 14.7 Å². The quantitative estimate of drug-likeness (QED) is 0.821. The molecule has 0 unspecified atom stereocenters. The first-order valence-electron chi connectivity index (χ1n) is 7.07. The van der Waals surface area contributed by atoms with Gasteiger partial charge >= 0.3 is 5.97 Å². The summed E-state index contributed by atoms with van der Waals surface area (Å²) >= 11 is 0. The third kappa shape index (κ3) is 3.08. The molecule has 19 heavy (non-hydrogen) atoms. The minimum Gasteiger partial charge on any atom is -0.481 e. The minimum atomic E-state index is -0.804. The van der Waals surface area contributed by atoms with Crippen LogP contribution in [0.2, 0.25) is 0 Å². The summed E-state index contributed by atoms with van der Waals surface area (Å²) in [6.45, 7) is 2.23. The van der Waals surface area contributed by atoms with Crippen molar-refractivity contribution >= 4 is 11.9 Å². The van der Waals surface area contributed by atoms with E-state index < -0.39 is 11.4 Å². The van der Waals surface area contributed by atoms with Gasteiger partial charge in [0.15, 0.2) is 0 Å². The highest BCUT2D eigenvalue weighted by Gasteiger charge is 2.46. The smallest absolute Gasteiger partial charge is 0.310 e. The van der Waals surface area contributed by atoms with Gasteiger partial charge in [-0.1, -0.05) is 6.42 Å². The third-order valence-corrected chi connectivity index (χ3v) is 4.62. The number of likely N-dealkylation sites (tertiary alicyclic amines) is 1. The first-order chi connectivity index (χ1) is 9.07. The molecule has 1 amide bonds. The van der Waals surface area contributed by atoms with E-state index >= 15 is 0 Å². The lowest BCUT2D eigenvalue weighted by atomic mass is 9.66. The number of ether oxygens (including phenoxy) is 1. The third-order valence-electron chi connectivity index (χ3n) is 4.62. The van der Waals surface area contributed by atoms with Crippen molar-refractivity contribution in [1.29, 1.82) is 0 Å². The molecule has 2 aliphatic rings. The highest BCUT2D eigenvalue weighted by Crippen LogP contribution is 2.44. The summed E-state index contributed by atoms with van der Waals surface area (Å²) in [7, 11) is 1.70. The summed E-state index contributed by atoms with van der Waals surface area (Å²) < 4.78 is 5.13. The van der Waals surface area contributed by atoms with E-state index in [2.05, 4.69) is 0 Å². The molecular formula is C14H23NO4. The molecule has 108 valence electrons. The van der Waals surface area contributed by atoms with Crippen LogP contribution in [0.5, 0.6) is 0 Å². The van der Waals surface area contributed by atoms with Crippen LogP contribution in [0, 0.1) is 11.3 Å².